The van der Waals surface area contributed by atoms with Crippen molar-refractivity contribution in [1.82, 2.24) is 10.6 Å². The Kier molecular flexibility index (Phi) is 40.8. The molecule has 0 unspecified atom stereocenters. The van der Waals surface area contributed by atoms with E-state index in [1.807, 2.05) is 0 Å². The van der Waals surface area contributed by atoms with Gasteiger partial charge in [0.15, 0.2) is 11.2 Å². The molecule has 12 N–H and O–H groups in total. The summed E-state index contributed by atoms with van der Waals surface area (Å²) in [5, 5.41) is 74.9. The first-order valence-electron chi connectivity index (χ1n) is 39.7. The van der Waals surface area contributed by atoms with Crippen molar-refractivity contribution in [2.24, 2.45) is 33.5 Å². The fourth-order valence-electron chi connectivity index (χ4n) is 20.3. The predicted octanol–water partition coefficient (Wildman–Crippen LogP) is 7.94. The van der Waals surface area contributed by atoms with E-state index in [-0.39, 0.29) is 195 Å². The van der Waals surface area contributed by atoms with Gasteiger partial charge in [0, 0.05) is 138 Å². The second-order valence-electron chi connectivity index (χ2n) is 33.9. The standard InChI is InChI=1S/2C44H50NO16.2CH3.2H2N.Pt.3W/c2*1-23-28(58-40(54)36(59-33(52)18-32(50)51)35(45-22-46)26-13-9-7-10-14-26)20-44(55)38(60-39(53)27-15-11-8-12-16-27)37-42(6,19-29(57-24(2)47)34(23)41(44,4)5)30(49)17-31-43(37,21-56-31)61-25(3)48;;;;;;;;/h2*7-16,28-31,35-38,49,55H,17-21H2,1-6H3,(H,45,46)(H,50,51);2*1H3;2*1H2;;;;/q6*-1;+4;;;/t2*28-,29-,30-,31+,35+,36-,37-,38-,42+,43-,44+;;;;;;;;/m00......../s1. The summed E-state index contributed by atoms with van der Waals surface area (Å²) in [6, 6.07) is 28.7. The number of hydrogen-bond acceptors (Lipinski definition) is 30. The maximum absolute atomic E-state index is 14.5. The largest absolute Gasteiger partial charge is 4.00 e. The third kappa shape index (κ3) is 22.4. The second-order valence-corrected chi connectivity index (χ2v) is 33.9. The molecule has 4 saturated carbocycles. The zero-order valence-corrected chi connectivity index (χ0v) is 84.9. The van der Waals surface area contributed by atoms with Gasteiger partial charge in [0.2, 0.25) is 12.2 Å². The molecule has 12 rings (SSSR count). The van der Waals surface area contributed by atoms with Crippen molar-refractivity contribution in [2.45, 2.75) is 242 Å². The first kappa shape index (κ1) is 116. The summed E-state index contributed by atoms with van der Waals surface area (Å²) in [7, 11) is 0. The van der Waals surface area contributed by atoms with Crippen LogP contribution in [-0.4, -0.2) is 224 Å². The minimum absolute atomic E-state index is 0. The molecule has 22 atom stereocenters. The Labute approximate surface area is 810 Å². The number of hydrogen-bond donors (Lipinski definition) is 8. The molecule has 4 aromatic rings. The summed E-state index contributed by atoms with van der Waals surface area (Å²) in [5.41, 5.74) is -11.9. The molecule has 36 nitrogen and oxygen atoms in total. The number of nitrogens with one attached hydrogen (secondary N) is 2. The van der Waals surface area contributed by atoms with Gasteiger partial charge in [0.05, 0.1) is 60.5 Å². The molecule has 2 amide bonds. The van der Waals surface area contributed by atoms with E-state index in [9.17, 15) is 97.8 Å². The van der Waals surface area contributed by atoms with Crippen molar-refractivity contribution >= 4 is 84.5 Å². The van der Waals surface area contributed by atoms with E-state index in [0.717, 1.165) is 0 Å². The Morgan fingerprint density at radius 2 is 0.754 bits per heavy atom. The number of fused-ring (bicyclic) bond motifs is 10. The van der Waals surface area contributed by atoms with E-state index in [1.54, 1.807) is 128 Å². The van der Waals surface area contributed by atoms with Crippen molar-refractivity contribution < 1.29 is 239 Å². The minimum Gasteiger partial charge on any atom is -0.693 e. The molecule has 2 heterocycles. The molecule has 2 saturated heterocycles. The predicted molar refractivity (Wildman–Crippen MR) is 440 cm³/mol. The van der Waals surface area contributed by atoms with Gasteiger partial charge in [-0.25, -0.2) is 19.2 Å². The smallest absolute Gasteiger partial charge is 0.693 e. The Morgan fingerprint density at radius 1 is 0.454 bits per heavy atom. The van der Waals surface area contributed by atoms with Crippen LogP contribution in [0.2, 0.25) is 0 Å². The SMILES string of the molecule is CC(=O)O[C@H]1C[C@]2(C)[C@@H](O)C[C@H]3OC[C@@]3(OC(C)=O)[C@H]2[C@H](OC(=O)c2ccccc2)[C@]2(O)C[C@H](OC(=O)[C@@H](OC(=O)CC(=O)O)[C@H](N[C-]=O)c3ccccc3)C(C)=C1C2(C)C.CC(=O)O[C@H]1C[C@]2(C)[C@@H](O)C[C@H]3OC[C@@]3(OC(C)=O)[C@H]2[C@H](OC(=O)c2ccccc2)[C@]2(O)C[C@H](OC(=O)[C@@H](OC(=O)CC(=O)O)[C@H](N[C-]=O)c3ccccc3)C(C)=C1C2(C)C.[CH3-].[CH3-].[NH2-].[NH2-].[Pt+4].[W].[W].[W]. The van der Waals surface area contributed by atoms with Crippen molar-refractivity contribution in [1.29, 1.82) is 0 Å². The van der Waals surface area contributed by atoms with Crippen LogP contribution >= 0.6 is 0 Å². The number of esters is 10. The molecular formula is C90H110N4O32PtW3-2. The summed E-state index contributed by atoms with van der Waals surface area (Å²) in [4.78, 5) is 182. The maximum atomic E-state index is 14.5. The number of benzene rings is 4. The quantitative estimate of drug-likeness (QED) is 0.00738. The second kappa shape index (κ2) is 45.9. The van der Waals surface area contributed by atoms with Gasteiger partial charge < -0.3 is 135 Å². The fraction of sp³-hybridized carbons (Fsp3) is 0.511. The van der Waals surface area contributed by atoms with E-state index in [4.69, 9.17) is 56.8 Å². The molecule has 8 aliphatic rings. The normalized spacial score (nSPS) is 30.0. The topological polar surface area (TPSA) is 562 Å². The van der Waals surface area contributed by atoms with Gasteiger partial charge in [0.25, 0.3) is 0 Å². The summed E-state index contributed by atoms with van der Waals surface area (Å²) in [6.07, 6.45) is -17.8. The van der Waals surface area contributed by atoms with Crippen LogP contribution in [0.1, 0.15) is 178 Å². The summed E-state index contributed by atoms with van der Waals surface area (Å²) in [5.74, 6) is -15.5. The Morgan fingerprint density at radius 3 is 1.02 bits per heavy atom. The molecule has 6 aliphatic carbocycles. The van der Waals surface area contributed by atoms with E-state index >= 15 is 0 Å². The zero-order chi connectivity index (χ0) is 89.3. The van der Waals surface area contributed by atoms with Crippen molar-refractivity contribution in [3.63, 3.8) is 0 Å². The van der Waals surface area contributed by atoms with E-state index in [2.05, 4.69) is 10.6 Å². The van der Waals surface area contributed by atoms with Crippen LogP contribution in [-0.2, 0) is 199 Å². The minimum atomic E-state index is -2.32. The van der Waals surface area contributed by atoms with Gasteiger partial charge in [-0.05, 0) is 84.4 Å². The third-order valence-corrected chi connectivity index (χ3v) is 26.0. The van der Waals surface area contributed by atoms with Gasteiger partial charge in [-0.1, -0.05) is 139 Å². The van der Waals surface area contributed by atoms with Crippen LogP contribution in [0.5, 0.6) is 0 Å². The first-order chi connectivity index (χ1) is 57.4. The Hall–Kier alpha value is -8.63. The van der Waals surface area contributed by atoms with Crippen molar-refractivity contribution in [2.75, 3.05) is 13.2 Å². The molecule has 4 aromatic carbocycles. The molecule has 4 bridgehead atoms. The number of aliphatic carboxylic acids is 2. The van der Waals surface area contributed by atoms with Gasteiger partial charge in [0.1, 0.15) is 72.9 Å². The molecule has 130 heavy (non-hydrogen) atoms. The average molecular weight is 2510 g/mol. The number of carboxylic acids is 2. The number of nitrogens with two attached hydrogens (primary N) is 2. The average Bonchev–Trinajstić information content (AvgIpc) is 0.676. The summed E-state index contributed by atoms with van der Waals surface area (Å²) in [6.45, 7) is 17.5. The van der Waals surface area contributed by atoms with Crippen molar-refractivity contribution in [3.05, 3.63) is 193 Å². The number of aliphatic hydroxyl groups excluding tert-OH is 2. The van der Waals surface area contributed by atoms with Gasteiger partial charge >= 0.3 is 92.7 Å². The van der Waals surface area contributed by atoms with Gasteiger partial charge in [-0.3, -0.25) is 38.4 Å². The van der Waals surface area contributed by atoms with Crippen LogP contribution in [0.15, 0.2) is 144 Å². The molecule has 712 valence electrons. The van der Waals surface area contributed by atoms with Crippen LogP contribution in [0, 0.1) is 48.3 Å². The Balaban J connectivity index is 0.000000631. The zero-order valence-electron chi connectivity index (χ0n) is 73.8. The maximum Gasteiger partial charge on any atom is 4.00 e. The molecule has 0 aromatic heterocycles. The molecule has 2 aliphatic heterocycles. The third-order valence-electron chi connectivity index (χ3n) is 26.0. The van der Waals surface area contributed by atoms with E-state index < -0.39 is 239 Å². The number of carbonyl (C=O) groups is 12. The van der Waals surface area contributed by atoms with E-state index in [0.29, 0.717) is 0 Å². The van der Waals surface area contributed by atoms with Crippen LogP contribution < -0.4 is 10.6 Å². The Bertz CT molecular complexity index is 4510. The van der Waals surface area contributed by atoms with Gasteiger partial charge in [-0.15, -0.1) is 0 Å². The summed E-state index contributed by atoms with van der Waals surface area (Å²) < 4.78 is 72.2. The fourth-order valence-corrected chi connectivity index (χ4v) is 20.3. The van der Waals surface area contributed by atoms with Gasteiger partial charge in [-0.2, -0.15) is 12.8 Å². The van der Waals surface area contributed by atoms with Crippen molar-refractivity contribution in [3.8, 4) is 0 Å². The van der Waals surface area contributed by atoms with Crippen LogP contribution in [0.3, 0.4) is 0 Å². The number of aliphatic hydroxyl groups is 4. The first-order valence-corrected chi connectivity index (χ1v) is 39.7. The number of rotatable bonds is 26. The monoisotopic (exact) mass is 2510 g/mol. The van der Waals surface area contributed by atoms with Crippen LogP contribution in [0.4, 0.5) is 0 Å². The molecule has 40 heteroatoms. The molecule has 0 radical (unpaired) electrons. The molecule has 0 spiro atoms. The molecular weight excluding hydrogens is 2400 g/mol. The van der Waals surface area contributed by atoms with Crippen LogP contribution in [0.25, 0.3) is 12.3 Å². The van der Waals surface area contributed by atoms with E-state index in [1.165, 1.54) is 89.0 Å². The number of ether oxygens (including phenoxy) is 12. The summed E-state index contributed by atoms with van der Waals surface area (Å²) >= 11 is 0. The number of carboxylic acid groups (broad SMARTS) is 2. The number of carbonyl (C=O) groups excluding carboxylic acids is 12. The molecule has 6 fully saturated rings. The number of amides is 2.